The molecule has 18 heavy (non-hydrogen) atoms. The highest BCUT2D eigenvalue weighted by Crippen LogP contribution is 2.23. The number of aldehydes is 1. The third-order valence-electron chi connectivity index (χ3n) is 2.86. The molecule has 0 aliphatic heterocycles. The zero-order valence-electron chi connectivity index (χ0n) is 10.9. The van der Waals surface area contributed by atoms with Crippen LogP contribution in [0.4, 0.5) is 0 Å². The van der Waals surface area contributed by atoms with E-state index in [2.05, 4.69) is 5.32 Å². The van der Waals surface area contributed by atoms with Crippen molar-refractivity contribution in [3.63, 3.8) is 0 Å². The van der Waals surface area contributed by atoms with Gasteiger partial charge in [-0.1, -0.05) is 26.0 Å². The predicted octanol–water partition coefficient (Wildman–Crippen LogP) is 1.16. The standard InChI is InChI=1S/C13H19NO3S/c1-13(2,10-14-8-9-15)11-4-6-12(7-5-11)18(3,16)17/h4-7,9,14H,8,10H2,1-3H3. The molecule has 0 bridgehead atoms. The van der Waals surface area contributed by atoms with Gasteiger partial charge in [-0.25, -0.2) is 8.42 Å². The van der Waals surface area contributed by atoms with Crippen LogP contribution in [-0.4, -0.2) is 34.0 Å². The summed E-state index contributed by atoms with van der Waals surface area (Å²) in [7, 11) is -3.15. The zero-order chi connectivity index (χ0) is 13.8. The summed E-state index contributed by atoms with van der Waals surface area (Å²) in [5.41, 5.74) is 0.882. The van der Waals surface area contributed by atoms with E-state index in [0.29, 0.717) is 18.0 Å². The molecule has 100 valence electrons. The lowest BCUT2D eigenvalue weighted by Gasteiger charge is -2.25. The fourth-order valence-electron chi connectivity index (χ4n) is 1.70. The van der Waals surface area contributed by atoms with Crippen LogP contribution >= 0.6 is 0 Å². The minimum absolute atomic E-state index is 0.154. The van der Waals surface area contributed by atoms with Crippen LogP contribution in [0.3, 0.4) is 0 Å². The van der Waals surface area contributed by atoms with Crippen molar-refractivity contribution in [2.75, 3.05) is 19.3 Å². The van der Waals surface area contributed by atoms with Crippen LogP contribution in [0, 0.1) is 0 Å². The molecule has 4 nitrogen and oxygen atoms in total. The number of sulfone groups is 1. The summed E-state index contributed by atoms with van der Waals surface area (Å²) in [6.45, 7) is 5.06. The summed E-state index contributed by atoms with van der Waals surface area (Å²) < 4.78 is 22.7. The maximum absolute atomic E-state index is 11.4. The van der Waals surface area contributed by atoms with Gasteiger partial charge in [0.25, 0.3) is 0 Å². The minimum atomic E-state index is -3.15. The average Bonchev–Trinajstić information content (AvgIpc) is 2.28. The molecule has 0 heterocycles. The van der Waals surface area contributed by atoms with Gasteiger partial charge < -0.3 is 10.1 Å². The molecule has 0 fully saturated rings. The van der Waals surface area contributed by atoms with E-state index >= 15 is 0 Å². The van der Waals surface area contributed by atoms with Gasteiger partial charge in [-0.3, -0.25) is 0 Å². The number of rotatable bonds is 6. The number of hydrogen-bond donors (Lipinski definition) is 1. The second kappa shape index (κ2) is 5.63. The van der Waals surface area contributed by atoms with E-state index in [1.807, 2.05) is 26.0 Å². The van der Waals surface area contributed by atoms with Crippen molar-refractivity contribution in [2.24, 2.45) is 0 Å². The van der Waals surface area contributed by atoms with Gasteiger partial charge >= 0.3 is 0 Å². The van der Waals surface area contributed by atoms with E-state index in [0.717, 1.165) is 11.8 Å². The van der Waals surface area contributed by atoms with Crippen molar-refractivity contribution in [3.8, 4) is 0 Å². The van der Waals surface area contributed by atoms with Gasteiger partial charge in [-0.15, -0.1) is 0 Å². The van der Waals surface area contributed by atoms with Gasteiger partial charge in [-0.05, 0) is 17.7 Å². The minimum Gasteiger partial charge on any atom is -0.309 e. The Balaban J connectivity index is 2.87. The van der Waals surface area contributed by atoms with Crippen LogP contribution in [0.2, 0.25) is 0 Å². The van der Waals surface area contributed by atoms with Crippen LogP contribution in [0.25, 0.3) is 0 Å². The first kappa shape index (κ1) is 14.9. The Bertz CT molecular complexity index is 504. The lowest BCUT2D eigenvalue weighted by Crippen LogP contribution is -2.33. The van der Waals surface area contributed by atoms with E-state index in [1.165, 1.54) is 6.26 Å². The maximum Gasteiger partial charge on any atom is 0.175 e. The molecule has 0 amide bonds. The molecule has 0 aliphatic rings. The van der Waals surface area contributed by atoms with E-state index in [4.69, 9.17) is 0 Å². The zero-order valence-corrected chi connectivity index (χ0v) is 11.8. The van der Waals surface area contributed by atoms with Gasteiger partial charge in [0.1, 0.15) is 6.29 Å². The fourth-order valence-corrected chi connectivity index (χ4v) is 2.33. The molecule has 0 saturated carbocycles. The normalized spacial score (nSPS) is 12.4. The van der Waals surface area contributed by atoms with Crippen molar-refractivity contribution < 1.29 is 13.2 Å². The van der Waals surface area contributed by atoms with Gasteiger partial charge in [0.05, 0.1) is 11.4 Å². The molecular weight excluding hydrogens is 250 g/mol. The lowest BCUT2D eigenvalue weighted by molar-refractivity contribution is -0.107. The molecule has 0 radical (unpaired) electrons. The van der Waals surface area contributed by atoms with E-state index < -0.39 is 9.84 Å². The van der Waals surface area contributed by atoms with Gasteiger partial charge in [0.2, 0.25) is 0 Å². The van der Waals surface area contributed by atoms with Crippen molar-refractivity contribution >= 4 is 16.1 Å². The lowest BCUT2D eigenvalue weighted by atomic mass is 9.84. The molecule has 0 unspecified atom stereocenters. The first-order valence-electron chi connectivity index (χ1n) is 5.72. The molecule has 0 saturated heterocycles. The summed E-state index contributed by atoms with van der Waals surface area (Å²) >= 11 is 0. The van der Waals surface area contributed by atoms with Crippen LogP contribution in [0.1, 0.15) is 19.4 Å². The van der Waals surface area contributed by atoms with E-state index in [1.54, 1.807) is 12.1 Å². The Labute approximate surface area is 108 Å². The number of nitrogens with one attached hydrogen (secondary N) is 1. The average molecular weight is 269 g/mol. The highest BCUT2D eigenvalue weighted by Gasteiger charge is 2.20. The Morgan fingerprint density at radius 1 is 1.22 bits per heavy atom. The Morgan fingerprint density at radius 3 is 2.22 bits per heavy atom. The van der Waals surface area contributed by atoms with Gasteiger partial charge in [-0.2, -0.15) is 0 Å². The molecule has 0 atom stereocenters. The van der Waals surface area contributed by atoms with Crippen LogP contribution < -0.4 is 5.32 Å². The number of carbonyl (C=O) groups is 1. The molecule has 1 N–H and O–H groups in total. The summed E-state index contributed by atoms with van der Waals surface area (Å²) in [5.74, 6) is 0. The smallest absolute Gasteiger partial charge is 0.175 e. The van der Waals surface area contributed by atoms with Crippen LogP contribution in [0.5, 0.6) is 0 Å². The van der Waals surface area contributed by atoms with Crippen molar-refractivity contribution in [2.45, 2.75) is 24.2 Å². The summed E-state index contributed by atoms with van der Waals surface area (Å²) in [4.78, 5) is 10.6. The first-order valence-corrected chi connectivity index (χ1v) is 7.61. The second-order valence-electron chi connectivity index (χ2n) is 4.98. The van der Waals surface area contributed by atoms with Crippen LogP contribution in [-0.2, 0) is 20.0 Å². The SMILES string of the molecule is CC(C)(CNCC=O)c1ccc(S(C)(=O)=O)cc1. The highest BCUT2D eigenvalue weighted by molar-refractivity contribution is 7.90. The second-order valence-corrected chi connectivity index (χ2v) is 6.99. The summed E-state index contributed by atoms with van der Waals surface area (Å²) in [5, 5.41) is 3.03. The molecule has 0 aromatic heterocycles. The third kappa shape index (κ3) is 3.92. The highest BCUT2D eigenvalue weighted by atomic mass is 32.2. The topological polar surface area (TPSA) is 63.2 Å². The van der Waals surface area contributed by atoms with Crippen molar-refractivity contribution in [3.05, 3.63) is 29.8 Å². The molecule has 5 heteroatoms. The quantitative estimate of drug-likeness (QED) is 0.622. The molecule has 1 rings (SSSR count). The maximum atomic E-state index is 11.4. The molecule has 0 spiro atoms. The van der Waals surface area contributed by atoms with Gasteiger partial charge in [0, 0.05) is 18.2 Å². The summed E-state index contributed by atoms with van der Waals surface area (Å²) in [6.07, 6.45) is 2.02. The van der Waals surface area contributed by atoms with E-state index in [-0.39, 0.29) is 5.41 Å². The van der Waals surface area contributed by atoms with Crippen LogP contribution in [0.15, 0.2) is 29.2 Å². The van der Waals surface area contributed by atoms with Gasteiger partial charge in [0.15, 0.2) is 9.84 Å². The number of hydrogen-bond acceptors (Lipinski definition) is 4. The monoisotopic (exact) mass is 269 g/mol. The Kier molecular flexibility index (Phi) is 4.65. The Morgan fingerprint density at radius 2 is 1.78 bits per heavy atom. The predicted molar refractivity (Wildman–Crippen MR) is 71.5 cm³/mol. The summed E-state index contributed by atoms with van der Waals surface area (Å²) in [6, 6.07) is 6.87. The molecular formula is C13H19NO3S. The van der Waals surface area contributed by atoms with E-state index in [9.17, 15) is 13.2 Å². The number of carbonyl (C=O) groups excluding carboxylic acids is 1. The van der Waals surface area contributed by atoms with Crippen molar-refractivity contribution in [1.82, 2.24) is 5.32 Å². The molecule has 1 aromatic rings. The molecule has 0 aliphatic carbocycles. The van der Waals surface area contributed by atoms with Crippen molar-refractivity contribution in [1.29, 1.82) is 0 Å². The number of benzene rings is 1. The first-order chi connectivity index (χ1) is 8.27. The third-order valence-corrected chi connectivity index (χ3v) is 3.99. The molecule has 1 aromatic carbocycles. The Hall–Kier alpha value is -1.20. The fraction of sp³-hybridized carbons (Fsp3) is 0.462. The largest absolute Gasteiger partial charge is 0.309 e.